The highest BCUT2D eigenvalue weighted by Gasteiger charge is 2.38. The zero-order valence-corrected chi connectivity index (χ0v) is 9.32. The third-order valence-electron chi connectivity index (χ3n) is 2.65. The van der Waals surface area contributed by atoms with E-state index >= 15 is 0 Å². The molecule has 1 aromatic carbocycles. The van der Waals surface area contributed by atoms with E-state index in [2.05, 4.69) is 5.32 Å². The van der Waals surface area contributed by atoms with E-state index in [0.717, 1.165) is 5.56 Å². The van der Waals surface area contributed by atoms with E-state index in [1.807, 2.05) is 25.2 Å². The first kappa shape index (κ1) is 10.2. The molecule has 2 rings (SSSR count). The predicted molar refractivity (Wildman–Crippen MR) is 58.0 cm³/mol. The molecule has 14 heavy (non-hydrogen) atoms. The summed E-state index contributed by atoms with van der Waals surface area (Å²) < 4.78 is 5.22. The van der Waals surface area contributed by atoms with Crippen molar-refractivity contribution in [2.75, 3.05) is 20.3 Å². The summed E-state index contributed by atoms with van der Waals surface area (Å²) in [5.74, 6) is 0. The van der Waals surface area contributed by atoms with Crippen LogP contribution in [-0.4, -0.2) is 20.3 Å². The number of hydrogen-bond acceptors (Lipinski definition) is 2. The number of ether oxygens (including phenoxy) is 1. The van der Waals surface area contributed by atoms with Crippen LogP contribution in [0.1, 0.15) is 5.56 Å². The summed E-state index contributed by atoms with van der Waals surface area (Å²) in [7, 11) is 1.92. The molecule has 0 aromatic heterocycles. The fourth-order valence-corrected chi connectivity index (χ4v) is 1.85. The van der Waals surface area contributed by atoms with Gasteiger partial charge < -0.3 is 10.1 Å². The summed E-state index contributed by atoms with van der Waals surface area (Å²) in [6.07, 6.45) is 0. The van der Waals surface area contributed by atoms with Gasteiger partial charge in [-0.25, -0.2) is 0 Å². The first-order valence-corrected chi connectivity index (χ1v) is 5.16. The normalized spacial score (nSPS) is 19.1. The Labute approximate surface area is 93.2 Å². The van der Waals surface area contributed by atoms with Gasteiger partial charge in [-0.15, -0.1) is 0 Å². The average Bonchev–Trinajstić information content (AvgIpc) is 2.10. The Bertz CT molecular complexity index is 344. The Kier molecular flexibility index (Phi) is 2.71. The number of rotatable bonds is 2. The largest absolute Gasteiger partial charge is 0.377 e. The molecule has 76 valence electrons. The molecule has 1 aliphatic rings. The van der Waals surface area contributed by atoms with Crippen LogP contribution >= 0.6 is 23.2 Å². The van der Waals surface area contributed by atoms with Crippen molar-refractivity contribution in [3.05, 3.63) is 33.8 Å². The summed E-state index contributed by atoms with van der Waals surface area (Å²) in [6.45, 7) is 1.36. The maximum absolute atomic E-state index is 5.96. The van der Waals surface area contributed by atoms with Crippen LogP contribution < -0.4 is 5.32 Å². The van der Waals surface area contributed by atoms with Gasteiger partial charge in [-0.2, -0.15) is 0 Å². The molecule has 1 saturated heterocycles. The number of likely N-dealkylation sites (N-methyl/N-ethyl adjacent to an activating group) is 1. The molecule has 0 spiro atoms. The van der Waals surface area contributed by atoms with Crippen LogP contribution in [0.25, 0.3) is 0 Å². The second-order valence-electron chi connectivity index (χ2n) is 3.45. The first-order valence-electron chi connectivity index (χ1n) is 4.40. The summed E-state index contributed by atoms with van der Waals surface area (Å²) in [5.41, 5.74) is 1.05. The number of hydrogen-bond donors (Lipinski definition) is 1. The molecular formula is C10H11Cl2NO. The lowest BCUT2D eigenvalue weighted by Crippen LogP contribution is -2.56. The molecule has 4 heteroatoms. The molecule has 1 N–H and O–H groups in total. The predicted octanol–water partition coefficient (Wildman–Crippen LogP) is 2.44. The highest BCUT2D eigenvalue weighted by atomic mass is 35.5. The highest BCUT2D eigenvalue weighted by molar-refractivity contribution is 6.42. The highest BCUT2D eigenvalue weighted by Crippen LogP contribution is 2.33. The zero-order chi connectivity index (χ0) is 10.2. The Morgan fingerprint density at radius 1 is 1.29 bits per heavy atom. The van der Waals surface area contributed by atoms with E-state index in [1.54, 1.807) is 0 Å². The van der Waals surface area contributed by atoms with Gasteiger partial charge in [0, 0.05) is 0 Å². The summed E-state index contributed by atoms with van der Waals surface area (Å²) >= 11 is 11.8. The number of benzene rings is 1. The van der Waals surface area contributed by atoms with E-state index in [9.17, 15) is 0 Å². The van der Waals surface area contributed by atoms with Crippen molar-refractivity contribution >= 4 is 23.2 Å². The van der Waals surface area contributed by atoms with E-state index in [4.69, 9.17) is 27.9 Å². The fraction of sp³-hybridized carbons (Fsp3) is 0.400. The van der Waals surface area contributed by atoms with Crippen LogP contribution in [0, 0.1) is 0 Å². The molecule has 1 aliphatic heterocycles. The van der Waals surface area contributed by atoms with E-state index in [0.29, 0.717) is 23.3 Å². The molecule has 0 saturated carbocycles. The second kappa shape index (κ2) is 3.70. The minimum atomic E-state index is -0.0752. The van der Waals surface area contributed by atoms with Gasteiger partial charge in [0.25, 0.3) is 0 Å². The Balaban J connectivity index is 2.36. The average molecular weight is 232 g/mol. The van der Waals surface area contributed by atoms with E-state index in [-0.39, 0.29) is 5.54 Å². The maximum Gasteiger partial charge on any atom is 0.0906 e. The van der Waals surface area contributed by atoms with Crippen molar-refractivity contribution in [1.82, 2.24) is 5.32 Å². The van der Waals surface area contributed by atoms with Crippen LogP contribution in [0.2, 0.25) is 10.0 Å². The van der Waals surface area contributed by atoms with Crippen molar-refractivity contribution in [2.24, 2.45) is 0 Å². The van der Waals surface area contributed by atoms with Gasteiger partial charge in [0.05, 0.1) is 28.8 Å². The Morgan fingerprint density at radius 2 is 2.00 bits per heavy atom. The van der Waals surface area contributed by atoms with Crippen LogP contribution in [0.15, 0.2) is 18.2 Å². The monoisotopic (exact) mass is 231 g/mol. The molecule has 1 aromatic rings. The summed E-state index contributed by atoms with van der Waals surface area (Å²) in [4.78, 5) is 0. The Hall–Kier alpha value is -0.280. The maximum atomic E-state index is 5.96. The lowest BCUT2D eigenvalue weighted by molar-refractivity contribution is -0.0747. The smallest absolute Gasteiger partial charge is 0.0906 e. The fourth-order valence-electron chi connectivity index (χ4n) is 1.56. The third-order valence-corrected chi connectivity index (χ3v) is 3.39. The molecule has 1 fully saturated rings. The lowest BCUT2D eigenvalue weighted by Gasteiger charge is -2.41. The van der Waals surface area contributed by atoms with Gasteiger partial charge in [0.15, 0.2) is 0 Å². The minimum Gasteiger partial charge on any atom is -0.377 e. The SMILES string of the molecule is CNC1(c2ccc(Cl)c(Cl)c2)COC1. The van der Waals surface area contributed by atoms with Crippen LogP contribution in [0.3, 0.4) is 0 Å². The molecule has 0 bridgehead atoms. The molecule has 0 aliphatic carbocycles. The van der Waals surface area contributed by atoms with Crippen molar-refractivity contribution in [2.45, 2.75) is 5.54 Å². The molecule has 2 nitrogen and oxygen atoms in total. The summed E-state index contributed by atoms with van der Waals surface area (Å²) in [6, 6.07) is 5.69. The van der Waals surface area contributed by atoms with E-state index in [1.165, 1.54) is 0 Å². The first-order chi connectivity index (χ1) is 6.68. The third kappa shape index (κ3) is 1.52. The molecule has 0 amide bonds. The van der Waals surface area contributed by atoms with Gasteiger partial charge in [-0.05, 0) is 24.7 Å². The van der Waals surface area contributed by atoms with Gasteiger partial charge in [0.1, 0.15) is 0 Å². The van der Waals surface area contributed by atoms with Crippen LogP contribution in [0.4, 0.5) is 0 Å². The molecular weight excluding hydrogens is 221 g/mol. The van der Waals surface area contributed by atoms with Gasteiger partial charge >= 0.3 is 0 Å². The summed E-state index contributed by atoms with van der Waals surface area (Å²) in [5, 5.41) is 4.42. The molecule has 0 atom stereocenters. The lowest BCUT2D eigenvalue weighted by atomic mass is 9.88. The minimum absolute atomic E-state index is 0.0752. The second-order valence-corrected chi connectivity index (χ2v) is 4.27. The van der Waals surface area contributed by atoms with Crippen molar-refractivity contribution in [3.63, 3.8) is 0 Å². The van der Waals surface area contributed by atoms with Crippen LogP contribution in [0.5, 0.6) is 0 Å². The van der Waals surface area contributed by atoms with Crippen molar-refractivity contribution < 1.29 is 4.74 Å². The van der Waals surface area contributed by atoms with Gasteiger partial charge in [-0.3, -0.25) is 0 Å². The van der Waals surface area contributed by atoms with E-state index < -0.39 is 0 Å². The number of nitrogens with one attached hydrogen (secondary N) is 1. The zero-order valence-electron chi connectivity index (χ0n) is 7.81. The molecule has 1 heterocycles. The van der Waals surface area contributed by atoms with Crippen LogP contribution in [-0.2, 0) is 10.3 Å². The Morgan fingerprint density at radius 3 is 2.43 bits per heavy atom. The quantitative estimate of drug-likeness (QED) is 0.845. The standard InChI is InChI=1S/C10H11Cl2NO/c1-13-10(5-14-6-10)7-2-3-8(11)9(12)4-7/h2-4,13H,5-6H2,1H3. The van der Waals surface area contributed by atoms with Gasteiger partial charge in [0.2, 0.25) is 0 Å². The molecule has 0 radical (unpaired) electrons. The van der Waals surface area contributed by atoms with Crippen molar-refractivity contribution in [1.29, 1.82) is 0 Å². The van der Waals surface area contributed by atoms with Gasteiger partial charge in [-0.1, -0.05) is 29.3 Å². The van der Waals surface area contributed by atoms with Crippen molar-refractivity contribution in [3.8, 4) is 0 Å². The number of halogens is 2. The molecule has 0 unspecified atom stereocenters. The topological polar surface area (TPSA) is 21.3 Å².